The molecule has 1 saturated heterocycles. The van der Waals surface area contributed by atoms with Gasteiger partial charge in [0, 0.05) is 30.4 Å². The van der Waals surface area contributed by atoms with Gasteiger partial charge in [-0.2, -0.15) is 0 Å². The fraction of sp³-hybridized carbons (Fsp3) is 0.409. The summed E-state index contributed by atoms with van der Waals surface area (Å²) >= 11 is 0. The molecule has 1 amide bonds. The summed E-state index contributed by atoms with van der Waals surface area (Å²) in [7, 11) is 0. The second-order valence-corrected chi connectivity index (χ2v) is 7.73. The molecular formula is C22H25FN2O2. The Morgan fingerprint density at radius 2 is 1.81 bits per heavy atom. The minimum absolute atomic E-state index is 0.0868. The Morgan fingerprint density at radius 1 is 1.15 bits per heavy atom. The first-order valence-electron chi connectivity index (χ1n) is 9.58. The van der Waals surface area contributed by atoms with Crippen molar-refractivity contribution in [3.05, 3.63) is 65.5 Å². The van der Waals surface area contributed by atoms with Gasteiger partial charge >= 0.3 is 0 Å². The van der Waals surface area contributed by atoms with Crippen LogP contribution in [-0.4, -0.2) is 41.6 Å². The number of piperidine rings is 1. The molecule has 2 aromatic carbocycles. The molecule has 1 N–H and O–H groups in total. The molecule has 4 rings (SSSR count). The summed E-state index contributed by atoms with van der Waals surface area (Å²) in [6.07, 6.45) is 1.73. The first-order chi connectivity index (χ1) is 13.0. The zero-order valence-electron chi connectivity index (χ0n) is 15.6. The maximum Gasteiger partial charge on any atom is 0.241 e. The van der Waals surface area contributed by atoms with Gasteiger partial charge in [-0.25, -0.2) is 4.39 Å². The second kappa shape index (κ2) is 7.06. The van der Waals surface area contributed by atoms with Crippen LogP contribution in [0, 0.1) is 5.82 Å². The van der Waals surface area contributed by atoms with E-state index in [2.05, 4.69) is 17.9 Å². The van der Waals surface area contributed by atoms with Crippen molar-refractivity contribution in [2.45, 2.75) is 37.8 Å². The van der Waals surface area contributed by atoms with Crippen molar-refractivity contribution < 1.29 is 14.3 Å². The number of rotatable bonds is 3. The van der Waals surface area contributed by atoms with E-state index in [1.165, 1.54) is 11.6 Å². The molecule has 2 heterocycles. The standard InChI is InChI=1S/C22H25FN2O2/c1-16-14-17-6-2-5-9-20(17)25(16)21(26)15-24-12-10-22(27,11-13-24)18-7-3-4-8-19(18)23/h2-9,16,27H,10-15H2,1H3. The number of halogens is 1. The molecule has 1 atom stereocenters. The summed E-state index contributed by atoms with van der Waals surface area (Å²) in [6, 6.07) is 14.6. The van der Waals surface area contributed by atoms with Gasteiger partial charge in [0.25, 0.3) is 0 Å². The van der Waals surface area contributed by atoms with Gasteiger partial charge in [-0.15, -0.1) is 0 Å². The van der Waals surface area contributed by atoms with Gasteiger partial charge in [0.05, 0.1) is 12.1 Å². The van der Waals surface area contributed by atoms with Crippen molar-refractivity contribution in [3.8, 4) is 0 Å². The molecule has 4 nitrogen and oxygen atoms in total. The number of nitrogens with zero attached hydrogens (tertiary/aromatic N) is 2. The number of hydrogen-bond donors (Lipinski definition) is 1. The maximum atomic E-state index is 14.1. The van der Waals surface area contributed by atoms with Crippen LogP contribution in [0.15, 0.2) is 48.5 Å². The Kier molecular flexibility index (Phi) is 4.74. The van der Waals surface area contributed by atoms with E-state index in [-0.39, 0.29) is 17.8 Å². The van der Waals surface area contributed by atoms with Gasteiger partial charge in [-0.1, -0.05) is 36.4 Å². The van der Waals surface area contributed by atoms with Crippen LogP contribution in [0.1, 0.15) is 30.9 Å². The number of hydrogen-bond acceptors (Lipinski definition) is 3. The molecule has 0 radical (unpaired) electrons. The van der Waals surface area contributed by atoms with E-state index in [0.717, 1.165) is 12.1 Å². The van der Waals surface area contributed by atoms with Gasteiger partial charge in [0.1, 0.15) is 5.82 Å². The zero-order chi connectivity index (χ0) is 19.0. The van der Waals surface area contributed by atoms with E-state index in [9.17, 15) is 14.3 Å². The monoisotopic (exact) mass is 368 g/mol. The SMILES string of the molecule is CC1Cc2ccccc2N1C(=O)CN1CCC(O)(c2ccccc2F)CC1. The van der Waals surface area contributed by atoms with E-state index in [1.54, 1.807) is 18.2 Å². The first-order valence-corrected chi connectivity index (χ1v) is 9.58. The summed E-state index contributed by atoms with van der Waals surface area (Å²) < 4.78 is 14.1. The van der Waals surface area contributed by atoms with E-state index < -0.39 is 5.60 Å². The number of carbonyl (C=O) groups is 1. The summed E-state index contributed by atoms with van der Waals surface area (Å²) in [5, 5.41) is 10.9. The first kappa shape index (κ1) is 18.1. The molecular weight excluding hydrogens is 343 g/mol. The third-order valence-corrected chi connectivity index (χ3v) is 5.89. The topological polar surface area (TPSA) is 43.8 Å². The van der Waals surface area contributed by atoms with E-state index >= 15 is 0 Å². The summed E-state index contributed by atoms with van der Waals surface area (Å²) in [4.78, 5) is 16.9. The van der Waals surface area contributed by atoms with Crippen molar-refractivity contribution in [1.29, 1.82) is 0 Å². The molecule has 2 aliphatic rings. The minimum atomic E-state index is -1.15. The Balaban J connectivity index is 1.41. The van der Waals surface area contributed by atoms with Crippen molar-refractivity contribution in [2.75, 3.05) is 24.5 Å². The number of benzene rings is 2. The predicted octanol–water partition coefficient (Wildman–Crippen LogP) is 3.09. The van der Waals surface area contributed by atoms with Gasteiger partial charge in [-0.05, 0) is 43.9 Å². The van der Waals surface area contributed by atoms with Crippen LogP contribution < -0.4 is 4.90 Å². The predicted molar refractivity (Wildman–Crippen MR) is 103 cm³/mol. The van der Waals surface area contributed by atoms with Crippen LogP contribution in [0.4, 0.5) is 10.1 Å². The zero-order valence-corrected chi connectivity index (χ0v) is 15.6. The maximum absolute atomic E-state index is 14.1. The van der Waals surface area contributed by atoms with E-state index in [1.807, 2.05) is 23.1 Å². The molecule has 0 saturated carbocycles. The summed E-state index contributed by atoms with van der Waals surface area (Å²) in [6.45, 7) is 3.54. The fourth-order valence-electron chi connectivity index (χ4n) is 4.40. The van der Waals surface area contributed by atoms with Crippen LogP contribution in [0.5, 0.6) is 0 Å². The minimum Gasteiger partial charge on any atom is -0.385 e. The quantitative estimate of drug-likeness (QED) is 0.905. The lowest BCUT2D eigenvalue weighted by atomic mass is 9.84. The van der Waals surface area contributed by atoms with Gasteiger partial charge < -0.3 is 10.0 Å². The Hall–Kier alpha value is -2.24. The van der Waals surface area contributed by atoms with Crippen molar-refractivity contribution >= 4 is 11.6 Å². The molecule has 0 aromatic heterocycles. The Labute approximate surface area is 159 Å². The number of carbonyl (C=O) groups excluding carboxylic acids is 1. The molecule has 0 aliphatic carbocycles. The molecule has 1 unspecified atom stereocenters. The fourth-order valence-corrected chi connectivity index (χ4v) is 4.40. The van der Waals surface area contributed by atoms with Gasteiger partial charge in [0.15, 0.2) is 0 Å². The highest BCUT2D eigenvalue weighted by molar-refractivity contribution is 5.97. The highest BCUT2D eigenvalue weighted by Crippen LogP contribution is 2.35. The van der Waals surface area contributed by atoms with Crippen LogP contribution in [0.25, 0.3) is 0 Å². The molecule has 0 spiro atoms. The van der Waals surface area contributed by atoms with Crippen LogP contribution in [0.2, 0.25) is 0 Å². The highest BCUT2D eigenvalue weighted by Gasteiger charge is 2.37. The lowest BCUT2D eigenvalue weighted by Gasteiger charge is -2.39. The lowest BCUT2D eigenvalue weighted by Crippen LogP contribution is -2.48. The van der Waals surface area contributed by atoms with Gasteiger partial charge in [-0.3, -0.25) is 9.69 Å². The molecule has 2 aromatic rings. The molecule has 5 heteroatoms. The van der Waals surface area contributed by atoms with Crippen LogP contribution in [-0.2, 0) is 16.8 Å². The number of likely N-dealkylation sites (tertiary alicyclic amines) is 1. The average Bonchev–Trinajstić information content (AvgIpc) is 3.00. The molecule has 2 aliphatic heterocycles. The van der Waals surface area contributed by atoms with Gasteiger partial charge in [0.2, 0.25) is 5.91 Å². The number of amides is 1. The molecule has 1 fully saturated rings. The van der Waals surface area contributed by atoms with Crippen LogP contribution >= 0.6 is 0 Å². The Morgan fingerprint density at radius 3 is 2.56 bits per heavy atom. The summed E-state index contributed by atoms with van der Waals surface area (Å²) in [5.74, 6) is -0.282. The lowest BCUT2D eigenvalue weighted by molar-refractivity contribution is -0.121. The number of para-hydroxylation sites is 1. The average molecular weight is 368 g/mol. The smallest absolute Gasteiger partial charge is 0.241 e. The van der Waals surface area contributed by atoms with E-state index in [4.69, 9.17) is 0 Å². The summed E-state index contributed by atoms with van der Waals surface area (Å²) in [5.41, 5.74) is 1.43. The Bertz CT molecular complexity index is 846. The number of fused-ring (bicyclic) bond motifs is 1. The van der Waals surface area contributed by atoms with Crippen molar-refractivity contribution in [2.24, 2.45) is 0 Å². The van der Waals surface area contributed by atoms with E-state index in [0.29, 0.717) is 38.0 Å². The third kappa shape index (κ3) is 3.37. The highest BCUT2D eigenvalue weighted by atomic mass is 19.1. The number of anilines is 1. The molecule has 0 bridgehead atoms. The third-order valence-electron chi connectivity index (χ3n) is 5.89. The van der Waals surface area contributed by atoms with Crippen molar-refractivity contribution in [3.63, 3.8) is 0 Å². The van der Waals surface area contributed by atoms with Crippen LogP contribution in [0.3, 0.4) is 0 Å². The molecule has 27 heavy (non-hydrogen) atoms. The second-order valence-electron chi connectivity index (χ2n) is 7.73. The normalized spacial score (nSPS) is 21.9. The molecule has 142 valence electrons. The largest absolute Gasteiger partial charge is 0.385 e. The number of aliphatic hydroxyl groups is 1. The van der Waals surface area contributed by atoms with Crippen molar-refractivity contribution in [1.82, 2.24) is 4.90 Å².